The lowest BCUT2D eigenvalue weighted by Gasteiger charge is -2.31. The maximum absolute atomic E-state index is 5.56. The molecule has 0 atom stereocenters. The summed E-state index contributed by atoms with van der Waals surface area (Å²) in [6, 6.07) is 3.79. The monoisotopic (exact) mass is 452 g/mol. The molecule has 7 heteroatoms. The Hall–Kier alpha value is -0.800. The summed E-state index contributed by atoms with van der Waals surface area (Å²) >= 11 is 0. The van der Waals surface area contributed by atoms with Crippen molar-refractivity contribution < 1.29 is 9.15 Å². The Kier molecular flexibility index (Phi) is 12.1. The van der Waals surface area contributed by atoms with Crippen LogP contribution in [-0.4, -0.2) is 56.7 Å². The Morgan fingerprint density at radius 3 is 2.67 bits per heavy atom. The number of furan rings is 1. The maximum Gasteiger partial charge on any atom is 0.191 e. The first kappa shape index (κ1) is 23.2. The first-order valence-corrected chi connectivity index (χ1v) is 8.25. The Balaban J connectivity index is 0.00000529. The van der Waals surface area contributed by atoms with Crippen molar-refractivity contribution in [2.45, 2.75) is 39.3 Å². The highest BCUT2D eigenvalue weighted by atomic mass is 127. The van der Waals surface area contributed by atoms with Gasteiger partial charge in [-0.1, -0.05) is 0 Å². The van der Waals surface area contributed by atoms with Crippen LogP contribution in [0.1, 0.15) is 33.0 Å². The van der Waals surface area contributed by atoms with Crippen LogP contribution >= 0.6 is 24.0 Å². The number of ether oxygens (including phenoxy) is 1. The summed E-state index contributed by atoms with van der Waals surface area (Å²) in [7, 11) is 4.15. The molecule has 0 saturated heterocycles. The van der Waals surface area contributed by atoms with Crippen LogP contribution in [-0.2, 0) is 11.3 Å². The molecule has 0 bridgehead atoms. The minimum absolute atomic E-state index is 0. The van der Waals surface area contributed by atoms with Gasteiger partial charge in [0.25, 0.3) is 0 Å². The third kappa shape index (κ3) is 9.48. The third-order valence-corrected chi connectivity index (χ3v) is 3.76. The fraction of sp³-hybridized carbons (Fsp3) is 0.706. The summed E-state index contributed by atoms with van der Waals surface area (Å²) in [5.41, 5.74) is 0.0362. The largest absolute Gasteiger partial charge is 0.467 e. The summed E-state index contributed by atoms with van der Waals surface area (Å²) in [5.74, 6) is 1.72. The molecule has 0 aliphatic heterocycles. The van der Waals surface area contributed by atoms with Crippen molar-refractivity contribution in [1.82, 2.24) is 15.5 Å². The van der Waals surface area contributed by atoms with Gasteiger partial charge in [0.1, 0.15) is 12.4 Å². The molecule has 0 unspecified atom stereocenters. The van der Waals surface area contributed by atoms with Gasteiger partial charge in [-0.05, 0) is 53.4 Å². The van der Waals surface area contributed by atoms with Crippen molar-refractivity contribution in [3.63, 3.8) is 0 Å². The van der Waals surface area contributed by atoms with Gasteiger partial charge in [0, 0.05) is 25.2 Å². The van der Waals surface area contributed by atoms with E-state index in [2.05, 4.69) is 55.4 Å². The van der Waals surface area contributed by atoms with Crippen molar-refractivity contribution in [2.75, 3.05) is 40.3 Å². The van der Waals surface area contributed by atoms with Crippen LogP contribution in [0.3, 0.4) is 0 Å². The van der Waals surface area contributed by atoms with E-state index < -0.39 is 0 Å². The molecule has 1 rings (SSSR count). The zero-order chi connectivity index (χ0) is 17.1. The number of nitrogens with one attached hydrogen (secondary N) is 2. The Bertz CT molecular complexity index is 447. The summed E-state index contributed by atoms with van der Waals surface area (Å²) in [4.78, 5) is 6.84. The van der Waals surface area contributed by atoms with E-state index in [0.29, 0.717) is 13.2 Å². The highest BCUT2D eigenvalue weighted by molar-refractivity contribution is 14.0. The second-order valence-electron chi connectivity index (χ2n) is 6.31. The van der Waals surface area contributed by atoms with Crippen LogP contribution in [0.2, 0.25) is 0 Å². The van der Waals surface area contributed by atoms with Gasteiger partial charge in [-0.3, -0.25) is 4.99 Å². The fourth-order valence-corrected chi connectivity index (χ4v) is 1.70. The summed E-state index contributed by atoms with van der Waals surface area (Å²) in [6.07, 6.45) is 2.58. The number of halogens is 1. The van der Waals surface area contributed by atoms with E-state index in [9.17, 15) is 0 Å². The van der Waals surface area contributed by atoms with Gasteiger partial charge in [-0.25, -0.2) is 0 Å². The van der Waals surface area contributed by atoms with E-state index in [-0.39, 0.29) is 29.5 Å². The Morgan fingerprint density at radius 2 is 2.08 bits per heavy atom. The van der Waals surface area contributed by atoms with E-state index >= 15 is 0 Å². The smallest absolute Gasteiger partial charge is 0.191 e. The number of guanidine groups is 1. The van der Waals surface area contributed by atoms with Crippen molar-refractivity contribution >= 4 is 29.9 Å². The molecule has 0 aliphatic rings. The Morgan fingerprint density at radius 1 is 1.33 bits per heavy atom. The summed E-state index contributed by atoms with van der Waals surface area (Å²) < 4.78 is 10.8. The second-order valence-corrected chi connectivity index (χ2v) is 6.31. The first-order chi connectivity index (χ1) is 11.0. The van der Waals surface area contributed by atoms with Gasteiger partial charge in [0.2, 0.25) is 0 Å². The molecule has 24 heavy (non-hydrogen) atoms. The molecule has 2 N–H and O–H groups in total. The van der Waals surface area contributed by atoms with Crippen LogP contribution < -0.4 is 10.6 Å². The minimum atomic E-state index is 0. The number of rotatable bonds is 10. The molecule has 1 aromatic heterocycles. The molecule has 0 fully saturated rings. The summed E-state index contributed by atoms with van der Waals surface area (Å²) in [6.45, 7) is 10.1. The number of hydrogen-bond acceptors (Lipinski definition) is 4. The lowest BCUT2D eigenvalue weighted by Crippen LogP contribution is -2.44. The van der Waals surface area contributed by atoms with E-state index in [1.807, 2.05) is 12.1 Å². The van der Waals surface area contributed by atoms with E-state index in [4.69, 9.17) is 9.15 Å². The van der Waals surface area contributed by atoms with Gasteiger partial charge in [-0.2, -0.15) is 0 Å². The molecule has 0 aromatic carbocycles. The molecule has 140 valence electrons. The van der Waals surface area contributed by atoms with Crippen LogP contribution in [0, 0.1) is 0 Å². The SMILES string of the molecule is CCNC(=NCC(C)(C)N(C)C)NCCCOCc1ccco1.I. The zero-order valence-electron chi connectivity index (χ0n) is 15.6. The van der Waals surface area contributed by atoms with Gasteiger partial charge in [0.15, 0.2) is 5.96 Å². The number of aliphatic imine (C=N–C) groups is 1. The zero-order valence-corrected chi connectivity index (χ0v) is 17.9. The lowest BCUT2D eigenvalue weighted by molar-refractivity contribution is 0.105. The van der Waals surface area contributed by atoms with Crippen LogP contribution in [0.25, 0.3) is 0 Å². The van der Waals surface area contributed by atoms with Gasteiger partial charge in [0.05, 0.1) is 12.8 Å². The van der Waals surface area contributed by atoms with E-state index in [0.717, 1.165) is 37.8 Å². The topological polar surface area (TPSA) is 62.0 Å². The molecule has 1 heterocycles. The molecule has 0 radical (unpaired) electrons. The van der Waals surface area contributed by atoms with Gasteiger partial charge < -0.3 is 24.7 Å². The number of likely N-dealkylation sites (N-methyl/N-ethyl adjacent to an activating group) is 1. The average molecular weight is 452 g/mol. The molecular formula is C17H33IN4O2. The molecule has 0 aliphatic carbocycles. The highest BCUT2D eigenvalue weighted by Crippen LogP contribution is 2.09. The Labute approximate surface area is 163 Å². The van der Waals surface area contributed by atoms with Crippen molar-refractivity contribution in [2.24, 2.45) is 4.99 Å². The number of nitrogens with zero attached hydrogens (tertiary/aromatic N) is 2. The van der Waals surface area contributed by atoms with Gasteiger partial charge >= 0.3 is 0 Å². The minimum Gasteiger partial charge on any atom is -0.467 e. The third-order valence-electron chi connectivity index (χ3n) is 3.76. The van der Waals surface area contributed by atoms with Crippen LogP contribution in [0.15, 0.2) is 27.8 Å². The molecule has 1 aromatic rings. The van der Waals surface area contributed by atoms with Crippen molar-refractivity contribution in [3.05, 3.63) is 24.2 Å². The standard InChI is InChI=1S/C17H32N4O2.HI/c1-6-18-16(20-14-17(2,3)21(4)5)19-10-8-11-22-13-15-9-7-12-23-15;/h7,9,12H,6,8,10-11,13-14H2,1-5H3,(H2,18,19,20);1H. The molecular weight excluding hydrogens is 419 g/mol. The molecule has 6 nitrogen and oxygen atoms in total. The highest BCUT2D eigenvalue weighted by Gasteiger charge is 2.19. The van der Waals surface area contributed by atoms with E-state index in [1.54, 1.807) is 6.26 Å². The van der Waals surface area contributed by atoms with Crippen molar-refractivity contribution in [1.29, 1.82) is 0 Å². The lowest BCUT2D eigenvalue weighted by atomic mass is 10.1. The predicted molar refractivity (Wildman–Crippen MR) is 110 cm³/mol. The maximum atomic E-state index is 5.56. The van der Waals surface area contributed by atoms with Crippen LogP contribution in [0.4, 0.5) is 0 Å². The van der Waals surface area contributed by atoms with Crippen molar-refractivity contribution in [3.8, 4) is 0 Å². The normalized spacial score (nSPS) is 12.2. The summed E-state index contributed by atoms with van der Waals surface area (Å²) in [5, 5.41) is 6.61. The predicted octanol–water partition coefficient (Wildman–Crippen LogP) is 2.70. The average Bonchev–Trinajstić information content (AvgIpc) is 3.01. The number of hydrogen-bond donors (Lipinski definition) is 2. The molecule has 0 amide bonds. The molecule has 0 saturated carbocycles. The molecule has 0 spiro atoms. The second kappa shape index (κ2) is 12.5. The van der Waals surface area contributed by atoms with E-state index in [1.165, 1.54) is 0 Å². The quantitative estimate of drug-likeness (QED) is 0.248. The van der Waals surface area contributed by atoms with Gasteiger partial charge in [-0.15, -0.1) is 24.0 Å². The van der Waals surface area contributed by atoms with Crippen LogP contribution in [0.5, 0.6) is 0 Å². The first-order valence-electron chi connectivity index (χ1n) is 8.25. The fourth-order valence-electron chi connectivity index (χ4n) is 1.70.